The van der Waals surface area contributed by atoms with Gasteiger partial charge in [-0.15, -0.1) is 0 Å². The summed E-state index contributed by atoms with van der Waals surface area (Å²) >= 11 is 5.75. The van der Waals surface area contributed by atoms with Gasteiger partial charge >= 0.3 is 219 Å². The number of aromatic nitrogens is 4. The SMILES string of the molecule is COc1cnc(Cl)cc1-c1cc(C)ncc1C(=O)Nc1nnc(C(C)(C)Oc2ccc(C#N)cc2)[se]1. The predicted octanol–water partition coefficient (Wildman–Crippen LogP) is 4.40. The second-order valence-corrected chi connectivity index (χ2v) is 10.6. The van der Waals surface area contributed by atoms with Crippen molar-refractivity contribution >= 4 is 36.7 Å². The van der Waals surface area contributed by atoms with E-state index in [1.807, 2.05) is 20.8 Å². The summed E-state index contributed by atoms with van der Waals surface area (Å²) in [7, 11) is 1.53. The summed E-state index contributed by atoms with van der Waals surface area (Å²) in [5.74, 6) is 0.708. The first-order chi connectivity index (χ1) is 17.2. The number of amides is 1. The van der Waals surface area contributed by atoms with Crippen molar-refractivity contribution in [2.24, 2.45) is 0 Å². The Kier molecular flexibility index (Phi) is 7.36. The minimum absolute atomic E-state index is 0.276. The molecule has 0 saturated heterocycles. The fourth-order valence-electron chi connectivity index (χ4n) is 3.37. The van der Waals surface area contributed by atoms with Crippen molar-refractivity contribution in [3.05, 3.63) is 75.3 Å². The zero-order chi connectivity index (χ0) is 25.9. The Bertz CT molecular complexity index is 1460. The molecular formula is C25H21ClN6O3Se. The van der Waals surface area contributed by atoms with E-state index in [4.69, 9.17) is 26.3 Å². The zero-order valence-corrected chi connectivity index (χ0v) is 22.3. The summed E-state index contributed by atoms with van der Waals surface area (Å²) in [6.45, 7) is 5.60. The van der Waals surface area contributed by atoms with Crippen molar-refractivity contribution in [3.63, 3.8) is 0 Å². The molecule has 36 heavy (non-hydrogen) atoms. The molecule has 9 nitrogen and oxygen atoms in total. The Morgan fingerprint density at radius 3 is 2.56 bits per heavy atom. The van der Waals surface area contributed by atoms with Crippen LogP contribution in [-0.4, -0.2) is 47.7 Å². The van der Waals surface area contributed by atoms with Gasteiger partial charge in [0.25, 0.3) is 0 Å². The molecular weight excluding hydrogens is 547 g/mol. The molecule has 1 amide bonds. The average Bonchev–Trinajstić information content (AvgIpc) is 3.33. The number of aryl methyl sites for hydroxylation is 1. The Balaban J connectivity index is 1.58. The number of anilines is 1. The van der Waals surface area contributed by atoms with Crippen LogP contribution in [0, 0.1) is 18.3 Å². The van der Waals surface area contributed by atoms with E-state index in [0.717, 1.165) is 5.69 Å². The fourth-order valence-corrected chi connectivity index (χ4v) is 5.16. The quantitative estimate of drug-likeness (QED) is 0.257. The minimum atomic E-state index is -0.762. The molecule has 3 aromatic heterocycles. The van der Waals surface area contributed by atoms with Crippen LogP contribution < -0.4 is 14.8 Å². The van der Waals surface area contributed by atoms with Crippen molar-refractivity contribution < 1.29 is 14.3 Å². The molecule has 0 aliphatic carbocycles. The number of nitrogens with one attached hydrogen (secondary N) is 1. The molecule has 0 spiro atoms. The van der Waals surface area contributed by atoms with E-state index < -0.39 is 5.60 Å². The number of hydrogen-bond donors (Lipinski definition) is 1. The number of nitriles is 1. The van der Waals surface area contributed by atoms with Crippen LogP contribution in [0.4, 0.5) is 4.69 Å². The molecule has 0 bridgehead atoms. The van der Waals surface area contributed by atoms with Gasteiger partial charge in [-0.2, -0.15) is 0 Å². The Morgan fingerprint density at radius 2 is 1.86 bits per heavy atom. The van der Waals surface area contributed by atoms with Crippen molar-refractivity contribution in [2.45, 2.75) is 26.4 Å². The number of carbonyl (C=O) groups is 1. The number of benzene rings is 1. The van der Waals surface area contributed by atoms with Crippen LogP contribution in [0.15, 0.2) is 48.8 Å². The van der Waals surface area contributed by atoms with Crippen molar-refractivity contribution in [1.29, 1.82) is 5.26 Å². The molecule has 3 heterocycles. The molecule has 4 aromatic rings. The number of carbonyl (C=O) groups excluding carboxylic acids is 1. The van der Waals surface area contributed by atoms with Crippen LogP contribution in [0.5, 0.6) is 11.5 Å². The van der Waals surface area contributed by atoms with Gasteiger partial charge < -0.3 is 0 Å². The van der Waals surface area contributed by atoms with E-state index in [-0.39, 0.29) is 25.6 Å². The number of ether oxygens (including phenoxy) is 2. The van der Waals surface area contributed by atoms with Crippen molar-refractivity contribution in [1.82, 2.24) is 20.2 Å². The van der Waals surface area contributed by atoms with E-state index in [1.165, 1.54) is 19.5 Å². The molecule has 0 aliphatic heterocycles. The third-order valence-electron chi connectivity index (χ3n) is 5.15. The van der Waals surface area contributed by atoms with Crippen LogP contribution in [-0.2, 0) is 5.60 Å². The van der Waals surface area contributed by atoms with Crippen LogP contribution in [0.2, 0.25) is 5.15 Å². The number of nitrogens with zero attached hydrogens (tertiary/aromatic N) is 5. The second kappa shape index (κ2) is 10.5. The van der Waals surface area contributed by atoms with Crippen LogP contribution in [0.3, 0.4) is 0 Å². The van der Waals surface area contributed by atoms with Gasteiger partial charge in [0.05, 0.1) is 0 Å². The summed E-state index contributed by atoms with van der Waals surface area (Å²) in [6.07, 6.45) is 3.02. The number of rotatable bonds is 7. The molecule has 0 atom stereocenters. The van der Waals surface area contributed by atoms with Crippen molar-refractivity contribution in [2.75, 3.05) is 12.4 Å². The number of hydrogen-bond acceptors (Lipinski definition) is 8. The first kappa shape index (κ1) is 25.3. The molecule has 0 radical (unpaired) electrons. The molecule has 1 aromatic carbocycles. The standard InChI is InChI=1S/C25H21ClN6O3Se/c1-14-9-17(18-10-21(26)29-13-20(18)34-4)19(12-28-14)22(33)30-24-32-31-23(36-24)25(2,3)35-16-7-5-15(11-27)6-8-16/h5-10,12-13H,1-4H3,(H,30,32,33). The molecule has 0 saturated carbocycles. The van der Waals surface area contributed by atoms with Gasteiger partial charge in [0, 0.05) is 0 Å². The van der Waals surface area contributed by atoms with Gasteiger partial charge in [-0.05, 0) is 0 Å². The molecule has 11 heteroatoms. The summed E-state index contributed by atoms with van der Waals surface area (Å²) in [4.78, 5) is 21.6. The monoisotopic (exact) mass is 568 g/mol. The van der Waals surface area contributed by atoms with E-state index in [9.17, 15) is 4.79 Å². The molecule has 0 aliphatic rings. The molecule has 0 unspecified atom stereocenters. The fraction of sp³-hybridized carbons (Fsp3) is 0.200. The van der Waals surface area contributed by atoms with E-state index in [2.05, 4.69) is 31.6 Å². The summed E-state index contributed by atoms with van der Waals surface area (Å²) < 4.78 is 12.7. The molecule has 1 N–H and O–H groups in total. The van der Waals surface area contributed by atoms with Gasteiger partial charge in [-0.25, -0.2) is 0 Å². The number of halogens is 1. The van der Waals surface area contributed by atoms with Gasteiger partial charge in [0.1, 0.15) is 0 Å². The molecule has 182 valence electrons. The van der Waals surface area contributed by atoms with Crippen LogP contribution in [0.25, 0.3) is 11.1 Å². The Labute approximate surface area is 218 Å². The van der Waals surface area contributed by atoms with Gasteiger partial charge in [-0.1, -0.05) is 0 Å². The maximum absolute atomic E-state index is 13.3. The third-order valence-corrected chi connectivity index (χ3v) is 7.75. The normalized spacial score (nSPS) is 11.0. The van der Waals surface area contributed by atoms with E-state index in [0.29, 0.717) is 43.0 Å². The topological polar surface area (TPSA) is 123 Å². The van der Waals surface area contributed by atoms with Gasteiger partial charge in [-0.3, -0.25) is 0 Å². The second-order valence-electron chi connectivity index (χ2n) is 8.19. The zero-order valence-electron chi connectivity index (χ0n) is 19.9. The molecule has 4 rings (SSSR count). The van der Waals surface area contributed by atoms with Gasteiger partial charge in [0.2, 0.25) is 0 Å². The molecule has 0 fully saturated rings. The maximum atomic E-state index is 13.3. The van der Waals surface area contributed by atoms with Crippen LogP contribution in [0.1, 0.15) is 40.0 Å². The summed E-state index contributed by atoms with van der Waals surface area (Å²) in [5, 5.41) is 20.6. The first-order valence-electron chi connectivity index (χ1n) is 10.7. The Morgan fingerprint density at radius 1 is 1.11 bits per heavy atom. The average molecular weight is 568 g/mol. The summed E-state index contributed by atoms with van der Waals surface area (Å²) in [6, 6.07) is 12.4. The first-order valence-corrected chi connectivity index (χ1v) is 12.8. The third kappa shape index (κ3) is 5.55. The van der Waals surface area contributed by atoms with Crippen LogP contribution >= 0.6 is 11.6 Å². The van der Waals surface area contributed by atoms with Crippen molar-refractivity contribution in [3.8, 4) is 28.7 Å². The van der Waals surface area contributed by atoms with Gasteiger partial charge in [0.15, 0.2) is 0 Å². The summed E-state index contributed by atoms with van der Waals surface area (Å²) in [5.41, 5.74) is 2.08. The Hall–Kier alpha value is -3.77. The number of pyridine rings is 2. The van der Waals surface area contributed by atoms with E-state index >= 15 is 0 Å². The van der Waals surface area contributed by atoms with E-state index in [1.54, 1.807) is 36.4 Å². The predicted molar refractivity (Wildman–Crippen MR) is 136 cm³/mol. The number of methoxy groups -OCH3 is 1.